The number of anilines is 1. The Kier molecular flexibility index (Phi) is 5.65. The average Bonchev–Trinajstić information content (AvgIpc) is 2.98. The van der Waals surface area contributed by atoms with Crippen LogP contribution in [0.4, 0.5) is 5.00 Å². The highest BCUT2D eigenvalue weighted by Crippen LogP contribution is 2.32. The van der Waals surface area contributed by atoms with Crippen LogP contribution < -0.4 is 5.32 Å². The number of methoxy groups -OCH3 is 1. The Labute approximate surface area is 164 Å². The highest BCUT2D eigenvalue weighted by atomic mass is 32.1. The Morgan fingerprint density at radius 2 is 1.79 bits per heavy atom. The molecular formula is C19H17N3O5S. The number of benzene rings is 1. The highest BCUT2D eigenvalue weighted by Gasteiger charge is 2.22. The van der Waals surface area contributed by atoms with Crippen molar-refractivity contribution in [3.05, 3.63) is 52.2 Å². The van der Waals surface area contributed by atoms with Crippen molar-refractivity contribution in [3.63, 3.8) is 0 Å². The van der Waals surface area contributed by atoms with Crippen LogP contribution in [0.5, 0.6) is 0 Å². The van der Waals surface area contributed by atoms with Crippen LogP contribution in [0.1, 0.15) is 31.2 Å². The van der Waals surface area contributed by atoms with Gasteiger partial charge in [-0.2, -0.15) is 0 Å². The first kappa shape index (κ1) is 19.4. The lowest BCUT2D eigenvalue weighted by atomic mass is 10.1. The number of thiophene rings is 1. The van der Waals surface area contributed by atoms with Gasteiger partial charge in [-0.1, -0.05) is 0 Å². The van der Waals surface area contributed by atoms with Crippen molar-refractivity contribution in [2.45, 2.75) is 13.8 Å². The van der Waals surface area contributed by atoms with E-state index in [4.69, 9.17) is 9.47 Å². The molecule has 1 N–H and O–H groups in total. The number of nitrogens with one attached hydrogen (secondary N) is 1. The van der Waals surface area contributed by atoms with Gasteiger partial charge in [-0.05, 0) is 37.6 Å². The van der Waals surface area contributed by atoms with Crippen molar-refractivity contribution in [1.29, 1.82) is 0 Å². The van der Waals surface area contributed by atoms with Crippen molar-refractivity contribution in [2.24, 2.45) is 0 Å². The number of fused-ring (bicyclic) bond motifs is 1. The maximum absolute atomic E-state index is 12.2. The summed E-state index contributed by atoms with van der Waals surface area (Å²) >= 11 is 1.26. The summed E-state index contributed by atoms with van der Waals surface area (Å²) in [6.07, 6.45) is 3.08. The zero-order valence-electron chi connectivity index (χ0n) is 15.4. The summed E-state index contributed by atoms with van der Waals surface area (Å²) in [4.78, 5) is 45.5. The predicted molar refractivity (Wildman–Crippen MR) is 104 cm³/mol. The van der Waals surface area contributed by atoms with E-state index in [0.717, 1.165) is 10.4 Å². The van der Waals surface area contributed by atoms with Gasteiger partial charge in [-0.25, -0.2) is 9.59 Å². The van der Waals surface area contributed by atoms with Crippen molar-refractivity contribution >= 4 is 45.2 Å². The molecule has 2 aromatic heterocycles. The number of aromatic nitrogens is 2. The molecule has 3 aromatic rings. The van der Waals surface area contributed by atoms with E-state index < -0.39 is 24.5 Å². The maximum atomic E-state index is 12.2. The van der Waals surface area contributed by atoms with Crippen LogP contribution in [0.2, 0.25) is 0 Å². The minimum Gasteiger partial charge on any atom is -0.465 e. The van der Waals surface area contributed by atoms with Gasteiger partial charge in [-0.15, -0.1) is 11.3 Å². The van der Waals surface area contributed by atoms with Gasteiger partial charge in [0.1, 0.15) is 5.00 Å². The van der Waals surface area contributed by atoms with Crippen LogP contribution in [-0.2, 0) is 14.3 Å². The molecule has 0 aliphatic rings. The highest BCUT2D eigenvalue weighted by molar-refractivity contribution is 7.16. The molecule has 0 saturated carbocycles. The zero-order chi connectivity index (χ0) is 20.3. The monoisotopic (exact) mass is 399 g/mol. The molecule has 8 nitrogen and oxygen atoms in total. The third-order valence-electron chi connectivity index (χ3n) is 4.07. The standard InChI is InChI=1S/C19H17N3O5S/c1-10-11(2)28-17(16(10)19(25)26-3)22-15(23)9-27-18(24)12-4-5-13-14(8-12)21-7-6-20-13/h4-8H,9H2,1-3H3,(H,22,23). The number of carbonyl (C=O) groups excluding carboxylic acids is 3. The first-order valence-electron chi connectivity index (χ1n) is 8.26. The quantitative estimate of drug-likeness (QED) is 0.657. The number of rotatable bonds is 5. The molecular weight excluding hydrogens is 382 g/mol. The number of esters is 2. The fourth-order valence-corrected chi connectivity index (χ4v) is 3.59. The summed E-state index contributed by atoms with van der Waals surface area (Å²) in [5.74, 6) is -1.75. The largest absolute Gasteiger partial charge is 0.465 e. The van der Waals surface area contributed by atoms with E-state index in [9.17, 15) is 14.4 Å². The molecule has 0 aliphatic heterocycles. The molecule has 0 unspecified atom stereocenters. The third-order valence-corrected chi connectivity index (χ3v) is 5.19. The first-order chi connectivity index (χ1) is 13.4. The van der Waals surface area contributed by atoms with Crippen molar-refractivity contribution in [1.82, 2.24) is 9.97 Å². The summed E-state index contributed by atoms with van der Waals surface area (Å²) in [7, 11) is 1.27. The minimum atomic E-state index is -0.658. The van der Waals surface area contributed by atoms with Crippen LogP contribution in [0.25, 0.3) is 11.0 Å². The zero-order valence-corrected chi connectivity index (χ0v) is 16.3. The normalized spacial score (nSPS) is 10.5. The molecule has 1 aromatic carbocycles. The Morgan fingerprint density at radius 1 is 1.07 bits per heavy atom. The molecule has 0 fully saturated rings. The van der Waals surface area contributed by atoms with Gasteiger partial charge in [0.2, 0.25) is 0 Å². The molecule has 0 saturated heterocycles. The predicted octanol–water partition coefficient (Wildman–Crippen LogP) is 2.89. The van der Waals surface area contributed by atoms with Gasteiger partial charge in [0.25, 0.3) is 5.91 Å². The molecule has 1 amide bonds. The molecule has 9 heteroatoms. The van der Waals surface area contributed by atoms with Crippen molar-refractivity contribution in [2.75, 3.05) is 19.0 Å². The van der Waals surface area contributed by atoms with Crippen LogP contribution in [0.15, 0.2) is 30.6 Å². The van der Waals surface area contributed by atoms with Crippen molar-refractivity contribution in [3.8, 4) is 0 Å². The summed E-state index contributed by atoms with van der Waals surface area (Å²) in [6, 6.07) is 4.75. The number of amides is 1. The van der Waals surface area contributed by atoms with E-state index in [0.29, 0.717) is 21.6 Å². The molecule has 28 heavy (non-hydrogen) atoms. The first-order valence-corrected chi connectivity index (χ1v) is 9.08. The summed E-state index contributed by atoms with van der Waals surface area (Å²) in [5, 5.41) is 2.97. The second-order valence-electron chi connectivity index (χ2n) is 5.86. The Morgan fingerprint density at radius 3 is 2.50 bits per heavy atom. The van der Waals surface area contributed by atoms with Crippen LogP contribution >= 0.6 is 11.3 Å². The Balaban J connectivity index is 1.66. The third kappa shape index (κ3) is 3.99. The molecule has 3 rings (SSSR count). The van der Waals surface area contributed by atoms with Crippen molar-refractivity contribution < 1.29 is 23.9 Å². The number of hydrogen-bond acceptors (Lipinski definition) is 8. The van der Waals surface area contributed by atoms with Crippen LogP contribution in [-0.4, -0.2) is 41.5 Å². The molecule has 0 bridgehead atoms. The lowest BCUT2D eigenvalue weighted by Crippen LogP contribution is -2.21. The second kappa shape index (κ2) is 8.13. The van der Waals surface area contributed by atoms with E-state index in [-0.39, 0.29) is 5.56 Å². The van der Waals surface area contributed by atoms with Gasteiger partial charge in [0.05, 0.1) is 29.3 Å². The van der Waals surface area contributed by atoms with Crippen LogP contribution in [0, 0.1) is 13.8 Å². The lowest BCUT2D eigenvalue weighted by molar-refractivity contribution is -0.119. The topological polar surface area (TPSA) is 107 Å². The Hall–Kier alpha value is -3.33. The number of nitrogens with zero attached hydrogens (tertiary/aromatic N) is 2. The lowest BCUT2D eigenvalue weighted by Gasteiger charge is -2.07. The smallest absolute Gasteiger partial charge is 0.341 e. The van der Waals surface area contributed by atoms with E-state index in [2.05, 4.69) is 15.3 Å². The van der Waals surface area contributed by atoms with Gasteiger partial charge in [0, 0.05) is 17.3 Å². The SMILES string of the molecule is COC(=O)c1c(NC(=O)COC(=O)c2ccc3nccnc3c2)sc(C)c1C. The minimum absolute atomic E-state index is 0.263. The fourth-order valence-electron chi connectivity index (χ4n) is 2.53. The van der Waals surface area contributed by atoms with E-state index >= 15 is 0 Å². The molecule has 0 spiro atoms. The number of carbonyl (C=O) groups is 3. The molecule has 0 radical (unpaired) electrons. The average molecular weight is 399 g/mol. The number of hydrogen-bond donors (Lipinski definition) is 1. The van der Waals surface area contributed by atoms with Crippen LogP contribution in [0.3, 0.4) is 0 Å². The molecule has 0 atom stereocenters. The van der Waals surface area contributed by atoms with E-state index in [1.54, 1.807) is 31.3 Å². The summed E-state index contributed by atoms with van der Waals surface area (Å²) < 4.78 is 9.83. The molecule has 144 valence electrons. The summed E-state index contributed by atoms with van der Waals surface area (Å²) in [6.45, 7) is 3.12. The maximum Gasteiger partial charge on any atom is 0.341 e. The van der Waals surface area contributed by atoms with Gasteiger partial charge in [-0.3, -0.25) is 14.8 Å². The molecule has 0 aliphatic carbocycles. The number of ether oxygens (including phenoxy) is 2. The summed E-state index contributed by atoms with van der Waals surface area (Å²) in [5.41, 5.74) is 2.50. The Bertz CT molecular complexity index is 1080. The van der Waals surface area contributed by atoms with E-state index in [1.807, 2.05) is 6.92 Å². The van der Waals surface area contributed by atoms with Gasteiger partial charge >= 0.3 is 11.9 Å². The fraction of sp³-hybridized carbons (Fsp3) is 0.211. The molecule has 2 heterocycles. The van der Waals surface area contributed by atoms with Gasteiger partial charge in [0.15, 0.2) is 6.61 Å². The number of aryl methyl sites for hydroxylation is 1. The van der Waals surface area contributed by atoms with E-state index in [1.165, 1.54) is 24.6 Å². The second-order valence-corrected chi connectivity index (χ2v) is 7.09. The van der Waals surface area contributed by atoms with Gasteiger partial charge < -0.3 is 14.8 Å².